The van der Waals surface area contributed by atoms with Gasteiger partial charge in [-0.25, -0.2) is 0 Å². The Morgan fingerprint density at radius 3 is 2.38 bits per heavy atom. The molecule has 0 spiro atoms. The van der Waals surface area contributed by atoms with Gasteiger partial charge in [-0.15, -0.1) is 0 Å². The third kappa shape index (κ3) is 7.31. The lowest BCUT2D eigenvalue weighted by Crippen LogP contribution is -2.17. The minimum Gasteiger partial charge on any atom is -0.481 e. The van der Waals surface area contributed by atoms with Crippen molar-refractivity contribution in [2.45, 2.75) is 45.6 Å². The highest BCUT2D eigenvalue weighted by molar-refractivity contribution is 5.67. The molecule has 0 bridgehead atoms. The highest BCUT2D eigenvalue weighted by Crippen LogP contribution is 2.09. The molecule has 1 unspecified atom stereocenters. The third-order valence-electron chi connectivity index (χ3n) is 1.62. The van der Waals surface area contributed by atoms with Gasteiger partial charge >= 0.3 is 11.9 Å². The van der Waals surface area contributed by atoms with E-state index < -0.39 is 5.97 Å². The molecule has 0 aromatic rings. The lowest BCUT2D eigenvalue weighted by atomic mass is 10.1. The van der Waals surface area contributed by atoms with Crippen LogP contribution in [0.4, 0.5) is 0 Å². The third-order valence-corrected chi connectivity index (χ3v) is 1.62. The molecule has 4 nitrogen and oxygen atoms in total. The van der Waals surface area contributed by atoms with Crippen LogP contribution in [0, 0.1) is 0 Å². The summed E-state index contributed by atoms with van der Waals surface area (Å²) in [5.41, 5.74) is 0. The van der Waals surface area contributed by atoms with Crippen LogP contribution < -0.4 is 0 Å². The van der Waals surface area contributed by atoms with Crippen LogP contribution in [0.5, 0.6) is 0 Å². The number of hydrogen-bond acceptors (Lipinski definition) is 3. The first kappa shape index (κ1) is 11.9. The van der Waals surface area contributed by atoms with Crippen molar-refractivity contribution >= 4 is 11.9 Å². The van der Waals surface area contributed by atoms with Gasteiger partial charge in [-0.1, -0.05) is 13.3 Å². The second-order valence-corrected chi connectivity index (χ2v) is 2.95. The van der Waals surface area contributed by atoms with Gasteiger partial charge in [0.1, 0.15) is 6.10 Å². The number of rotatable bonds is 6. The zero-order valence-electron chi connectivity index (χ0n) is 8.08. The molecule has 76 valence electrons. The first-order chi connectivity index (χ1) is 6.06. The Hall–Kier alpha value is -1.06. The van der Waals surface area contributed by atoms with Crippen molar-refractivity contribution in [1.29, 1.82) is 0 Å². The monoisotopic (exact) mass is 188 g/mol. The molecule has 4 heteroatoms. The summed E-state index contributed by atoms with van der Waals surface area (Å²) in [6.45, 7) is 3.31. The van der Waals surface area contributed by atoms with E-state index >= 15 is 0 Å². The summed E-state index contributed by atoms with van der Waals surface area (Å²) in [6.07, 6.45) is 1.84. The molecule has 0 radical (unpaired) electrons. The molecule has 1 atom stereocenters. The van der Waals surface area contributed by atoms with Crippen molar-refractivity contribution in [2.24, 2.45) is 0 Å². The molecule has 0 saturated heterocycles. The number of ether oxygens (including phenoxy) is 1. The van der Waals surface area contributed by atoms with E-state index in [2.05, 4.69) is 0 Å². The van der Waals surface area contributed by atoms with Gasteiger partial charge in [-0.2, -0.15) is 0 Å². The first-order valence-corrected chi connectivity index (χ1v) is 4.45. The summed E-state index contributed by atoms with van der Waals surface area (Å²) in [4.78, 5) is 20.9. The largest absolute Gasteiger partial charge is 0.481 e. The van der Waals surface area contributed by atoms with Crippen LogP contribution in [0.1, 0.15) is 39.5 Å². The molecule has 0 heterocycles. The molecular formula is C9H16O4. The van der Waals surface area contributed by atoms with Crippen LogP contribution in [0.25, 0.3) is 0 Å². The van der Waals surface area contributed by atoms with Crippen LogP contribution in [0.3, 0.4) is 0 Å². The number of carboxylic acids is 1. The molecular weight excluding hydrogens is 172 g/mol. The Bertz CT molecular complexity index is 176. The minimum atomic E-state index is -0.853. The normalized spacial score (nSPS) is 12.2. The van der Waals surface area contributed by atoms with E-state index in [1.165, 1.54) is 6.92 Å². The zero-order chi connectivity index (χ0) is 10.3. The molecule has 0 aromatic carbocycles. The number of hydrogen-bond donors (Lipinski definition) is 1. The average Bonchev–Trinajstić information content (AvgIpc) is 1.99. The molecule has 0 saturated carbocycles. The Morgan fingerprint density at radius 1 is 1.38 bits per heavy atom. The van der Waals surface area contributed by atoms with E-state index in [9.17, 15) is 9.59 Å². The van der Waals surface area contributed by atoms with Crippen molar-refractivity contribution < 1.29 is 19.4 Å². The summed E-state index contributed by atoms with van der Waals surface area (Å²) >= 11 is 0. The second kappa shape index (κ2) is 6.46. The van der Waals surface area contributed by atoms with Crippen LogP contribution in [0.15, 0.2) is 0 Å². The summed E-state index contributed by atoms with van der Waals surface area (Å²) in [5.74, 6) is -1.20. The Kier molecular flexibility index (Phi) is 5.93. The lowest BCUT2D eigenvalue weighted by molar-refractivity contribution is -0.149. The molecule has 13 heavy (non-hydrogen) atoms. The maximum absolute atomic E-state index is 10.6. The molecule has 0 aromatic heterocycles. The summed E-state index contributed by atoms with van der Waals surface area (Å²) in [6, 6.07) is 0. The molecule has 0 amide bonds. The Labute approximate surface area is 77.9 Å². The smallest absolute Gasteiger partial charge is 0.303 e. The Balaban J connectivity index is 3.79. The maximum Gasteiger partial charge on any atom is 0.303 e. The van der Waals surface area contributed by atoms with Crippen molar-refractivity contribution in [3.63, 3.8) is 0 Å². The number of carbonyl (C=O) groups is 2. The van der Waals surface area contributed by atoms with E-state index in [4.69, 9.17) is 9.84 Å². The lowest BCUT2D eigenvalue weighted by Gasteiger charge is -2.14. The van der Waals surface area contributed by atoms with Gasteiger partial charge in [-0.05, 0) is 12.8 Å². The molecule has 0 aliphatic carbocycles. The molecule has 0 aliphatic heterocycles. The molecule has 0 fully saturated rings. The summed E-state index contributed by atoms with van der Waals surface area (Å²) in [5, 5.41) is 8.42. The predicted molar refractivity (Wildman–Crippen MR) is 47.3 cm³/mol. The first-order valence-electron chi connectivity index (χ1n) is 4.45. The summed E-state index contributed by atoms with van der Waals surface area (Å²) in [7, 11) is 0. The fraction of sp³-hybridized carbons (Fsp3) is 0.778. The van der Waals surface area contributed by atoms with Crippen molar-refractivity contribution in [2.75, 3.05) is 0 Å². The fourth-order valence-corrected chi connectivity index (χ4v) is 1.10. The predicted octanol–water partition coefficient (Wildman–Crippen LogP) is 1.58. The van der Waals surface area contributed by atoms with E-state index in [-0.39, 0.29) is 18.5 Å². The number of esters is 1. The van der Waals surface area contributed by atoms with Gasteiger partial charge in [0.05, 0.1) is 0 Å². The Morgan fingerprint density at radius 2 is 2.00 bits per heavy atom. The maximum atomic E-state index is 10.6. The fourth-order valence-electron chi connectivity index (χ4n) is 1.10. The van der Waals surface area contributed by atoms with E-state index in [1.807, 2.05) is 6.92 Å². The van der Waals surface area contributed by atoms with Crippen LogP contribution in [-0.2, 0) is 14.3 Å². The van der Waals surface area contributed by atoms with E-state index in [0.29, 0.717) is 6.42 Å². The zero-order valence-corrected chi connectivity index (χ0v) is 8.08. The number of carbonyl (C=O) groups excluding carboxylic acids is 1. The highest BCUT2D eigenvalue weighted by Gasteiger charge is 2.12. The van der Waals surface area contributed by atoms with Gasteiger partial charge in [0.2, 0.25) is 0 Å². The highest BCUT2D eigenvalue weighted by atomic mass is 16.5. The van der Waals surface area contributed by atoms with Gasteiger partial charge in [0.15, 0.2) is 0 Å². The molecule has 1 N–H and O–H groups in total. The van der Waals surface area contributed by atoms with Crippen molar-refractivity contribution in [3.8, 4) is 0 Å². The van der Waals surface area contributed by atoms with Crippen LogP contribution in [0.2, 0.25) is 0 Å². The number of aliphatic carboxylic acids is 1. The average molecular weight is 188 g/mol. The van der Waals surface area contributed by atoms with Gasteiger partial charge in [0, 0.05) is 13.3 Å². The van der Waals surface area contributed by atoms with Gasteiger partial charge < -0.3 is 9.84 Å². The topological polar surface area (TPSA) is 63.6 Å². The van der Waals surface area contributed by atoms with Crippen LogP contribution in [-0.4, -0.2) is 23.1 Å². The SMILES string of the molecule is CCCC(CCC(=O)O)OC(C)=O. The van der Waals surface area contributed by atoms with Crippen LogP contribution >= 0.6 is 0 Å². The molecule has 0 rings (SSSR count). The second-order valence-electron chi connectivity index (χ2n) is 2.95. The standard InChI is InChI=1S/C9H16O4/c1-3-4-8(13-7(2)10)5-6-9(11)12/h8H,3-6H2,1-2H3,(H,11,12). The minimum absolute atomic E-state index is 0.0535. The van der Waals surface area contributed by atoms with Gasteiger partial charge in [0.25, 0.3) is 0 Å². The molecule has 0 aliphatic rings. The van der Waals surface area contributed by atoms with Gasteiger partial charge in [-0.3, -0.25) is 9.59 Å². The van der Waals surface area contributed by atoms with E-state index in [1.54, 1.807) is 0 Å². The quantitative estimate of drug-likeness (QED) is 0.643. The summed E-state index contributed by atoms with van der Waals surface area (Å²) < 4.78 is 4.94. The van der Waals surface area contributed by atoms with Crippen molar-refractivity contribution in [1.82, 2.24) is 0 Å². The van der Waals surface area contributed by atoms with Crippen molar-refractivity contribution in [3.05, 3.63) is 0 Å². The number of carboxylic acid groups (broad SMARTS) is 1. The van der Waals surface area contributed by atoms with E-state index in [0.717, 1.165) is 12.8 Å².